The SMILES string of the molecule is CCOC(=O)C1=C(N)N(c2ccccc2)C2=C(C(=O)CC(C)(C)C2)C1c1cc(OC)c(OC)c(OC)c1. The maximum atomic E-state index is 13.9. The lowest BCUT2D eigenvalue weighted by molar-refractivity contribution is -0.138. The van der Waals surface area contributed by atoms with Crippen LogP contribution in [0.4, 0.5) is 5.69 Å². The van der Waals surface area contributed by atoms with Crippen LogP contribution in [0.2, 0.25) is 0 Å². The fourth-order valence-electron chi connectivity index (χ4n) is 5.29. The quantitative estimate of drug-likeness (QED) is 0.540. The van der Waals surface area contributed by atoms with Gasteiger partial charge in [-0.05, 0) is 48.6 Å². The molecule has 1 atom stereocenters. The van der Waals surface area contributed by atoms with Gasteiger partial charge in [-0.25, -0.2) is 4.79 Å². The van der Waals surface area contributed by atoms with Gasteiger partial charge in [-0.2, -0.15) is 0 Å². The molecule has 0 spiro atoms. The van der Waals surface area contributed by atoms with Crippen LogP contribution in [0.15, 0.2) is 65.1 Å². The number of hydrogen-bond donors (Lipinski definition) is 1. The number of benzene rings is 2. The zero-order valence-electron chi connectivity index (χ0n) is 22.2. The van der Waals surface area contributed by atoms with E-state index in [2.05, 4.69) is 13.8 Å². The Hall–Kier alpha value is -3.94. The molecule has 1 aliphatic heterocycles. The number of nitrogens with zero attached hydrogens (tertiary/aromatic N) is 1. The van der Waals surface area contributed by atoms with Gasteiger partial charge in [0.1, 0.15) is 5.82 Å². The predicted octanol–water partition coefficient (Wildman–Crippen LogP) is 4.69. The molecule has 2 aromatic rings. The number of esters is 1. The first-order valence-corrected chi connectivity index (χ1v) is 12.3. The number of carbonyl (C=O) groups is 2. The van der Waals surface area contributed by atoms with E-state index in [-0.39, 0.29) is 29.2 Å². The van der Waals surface area contributed by atoms with Crippen molar-refractivity contribution >= 4 is 17.4 Å². The standard InChI is InChI=1S/C29H34N2O6/c1-7-37-28(33)25-23(17-13-21(34-4)26(36-6)22(14-17)35-5)24-19(15-29(2,3)16-20(24)32)31(27(25)30)18-11-9-8-10-12-18/h8-14,23H,7,15-16,30H2,1-6H3. The summed E-state index contributed by atoms with van der Waals surface area (Å²) in [4.78, 5) is 29.2. The van der Waals surface area contributed by atoms with Gasteiger partial charge in [0.15, 0.2) is 17.3 Å². The van der Waals surface area contributed by atoms with Crippen molar-refractivity contribution in [3.05, 3.63) is 70.7 Å². The van der Waals surface area contributed by atoms with Gasteiger partial charge < -0.3 is 24.7 Å². The first-order valence-electron chi connectivity index (χ1n) is 12.3. The molecular formula is C29H34N2O6. The molecule has 2 aromatic carbocycles. The Morgan fingerprint density at radius 3 is 2.19 bits per heavy atom. The molecule has 0 aromatic heterocycles. The van der Waals surface area contributed by atoms with E-state index in [0.29, 0.717) is 41.2 Å². The van der Waals surface area contributed by atoms with Gasteiger partial charge in [-0.15, -0.1) is 0 Å². The van der Waals surface area contributed by atoms with Gasteiger partial charge in [-0.1, -0.05) is 32.0 Å². The van der Waals surface area contributed by atoms with E-state index >= 15 is 0 Å². The largest absolute Gasteiger partial charge is 0.493 e. The first-order chi connectivity index (χ1) is 17.7. The molecular weight excluding hydrogens is 472 g/mol. The molecule has 0 amide bonds. The number of nitrogens with two attached hydrogens (primary N) is 1. The molecule has 0 bridgehead atoms. The summed E-state index contributed by atoms with van der Waals surface area (Å²) in [6.07, 6.45) is 0.937. The summed E-state index contributed by atoms with van der Waals surface area (Å²) >= 11 is 0. The number of methoxy groups -OCH3 is 3. The van der Waals surface area contributed by atoms with Gasteiger partial charge in [0, 0.05) is 23.4 Å². The second kappa shape index (κ2) is 10.2. The summed E-state index contributed by atoms with van der Waals surface area (Å²) in [6.45, 7) is 6.02. The Bertz CT molecular complexity index is 1250. The minimum atomic E-state index is -0.772. The smallest absolute Gasteiger partial charge is 0.338 e. The number of Topliss-reactive ketones (excluding diaryl/α,β-unsaturated/α-hetero) is 1. The third-order valence-electron chi connectivity index (χ3n) is 6.79. The zero-order chi connectivity index (χ0) is 26.9. The summed E-state index contributed by atoms with van der Waals surface area (Å²) in [5.41, 5.74) is 9.42. The molecule has 37 heavy (non-hydrogen) atoms. The van der Waals surface area contributed by atoms with Gasteiger partial charge in [0.2, 0.25) is 5.75 Å². The lowest BCUT2D eigenvalue weighted by atomic mass is 9.68. The summed E-state index contributed by atoms with van der Waals surface area (Å²) in [6, 6.07) is 13.0. The van der Waals surface area contributed by atoms with E-state index < -0.39 is 11.9 Å². The molecule has 2 N–H and O–H groups in total. The van der Waals surface area contributed by atoms with Crippen molar-refractivity contribution in [1.29, 1.82) is 0 Å². The highest BCUT2D eigenvalue weighted by Crippen LogP contribution is 2.52. The average molecular weight is 507 g/mol. The molecule has 1 aliphatic carbocycles. The third kappa shape index (κ3) is 4.63. The fourth-order valence-corrected chi connectivity index (χ4v) is 5.29. The van der Waals surface area contributed by atoms with E-state index in [1.807, 2.05) is 35.2 Å². The highest BCUT2D eigenvalue weighted by molar-refractivity contribution is 6.05. The van der Waals surface area contributed by atoms with Crippen LogP contribution in [0.1, 0.15) is 45.1 Å². The topological polar surface area (TPSA) is 100 Å². The number of allylic oxidation sites excluding steroid dienone is 2. The molecule has 4 rings (SSSR count). The van der Waals surface area contributed by atoms with Crippen molar-refractivity contribution < 1.29 is 28.5 Å². The molecule has 8 heteroatoms. The van der Waals surface area contributed by atoms with Gasteiger partial charge in [-0.3, -0.25) is 9.69 Å². The van der Waals surface area contributed by atoms with Crippen molar-refractivity contribution in [1.82, 2.24) is 0 Å². The van der Waals surface area contributed by atoms with E-state index in [4.69, 9.17) is 24.7 Å². The van der Waals surface area contributed by atoms with Crippen LogP contribution >= 0.6 is 0 Å². The number of rotatable bonds is 7. The first kappa shape index (κ1) is 26.1. The van der Waals surface area contributed by atoms with E-state index in [1.54, 1.807) is 19.1 Å². The number of ketones is 1. The van der Waals surface area contributed by atoms with Crippen LogP contribution in [-0.4, -0.2) is 39.7 Å². The highest BCUT2D eigenvalue weighted by atomic mass is 16.5. The highest BCUT2D eigenvalue weighted by Gasteiger charge is 2.47. The van der Waals surface area contributed by atoms with Crippen LogP contribution in [0.5, 0.6) is 17.2 Å². The fraction of sp³-hybridized carbons (Fsp3) is 0.379. The van der Waals surface area contributed by atoms with Crippen LogP contribution in [0.3, 0.4) is 0 Å². The van der Waals surface area contributed by atoms with Crippen LogP contribution in [0.25, 0.3) is 0 Å². The maximum absolute atomic E-state index is 13.9. The molecule has 0 fully saturated rings. The van der Waals surface area contributed by atoms with Crippen molar-refractivity contribution in [2.45, 2.75) is 39.5 Å². The lowest BCUT2D eigenvalue weighted by Gasteiger charge is -2.44. The zero-order valence-corrected chi connectivity index (χ0v) is 22.2. The molecule has 2 aliphatic rings. The molecule has 8 nitrogen and oxygen atoms in total. The Morgan fingerprint density at radius 1 is 1.03 bits per heavy atom. The molecule has 1 unspecified atom stereocenters. The second-order valence-corrected chi connectivity index (χ2v) is 9.88. The van der Waals surface area contributed by atoms with Gasteiger partial charge in [0.25, 0.3) is 0 Å². The molecule has 196 valence electrons. The number of anilines is 1. The summed E-state index contributed by atoms with van der Waals surface area (Å²) in [7, 11) is 4.57. The summed E-state index contributed by atoms with van der Waals surface area (Å²) in [5, 5.41) is 0. The van der Waals surface area contributed by atoms with E-state index in [9.17, 15) is 9.59 Å². The average Bonchev–Trinajstić information content (AvgIpc) is 2.86. The number of ether oxygens (including phenoxy) is 4. The molecule has 0 saturated heterocycles. The van der Waals surface area contributed by atoms with Gasteiger partial charge >= 0.3 is 5.97 Å². The number of hydrogen-bond acceptors (Lipinski definition) is 8. The Balaban J connectivity index is 2.07. The monoisotopic (exact) mass is 506 g/mol. The lowest BCUT2D eigenvalue weighted by Crippen LogP contribution is -2.43. The van der Waals surface area contributed by atoms with Crippen LogP contribution in [0, 0.1) is 5.41 Å². The van der Waals surface area contributed by atoms with E-state index in [1.165, 1.54) is 21.3 Å². The summed E-state index contributed by atoms with van der Waals surface area (Å²) < 4.78 is 22.1. The molecule has 1 heterocycles. The Labute approximate surface area is 217 Å². The minimum absolute atomic E-state index is 0.0415. The Morgan fingerprint density at radius 2 is 1.65 bits per heavy atom. The molecule has 0 radical (unpaired) electrons. The molecule has 0 saturated carbocycles. The van der Waals surface area contributed by atoms with Gasteiger partial charge in [0.05, 0.1) is 39.4 Å². The van der Waals surface area contributed by atoms with Crippen LogP contribution < -0.4 is 24.8 Å². The maximum Gasteiger partial charge on any atom is 0.338 e. The third-order valence-corrected chi connectivity index (χ3v) is 6.79. The minimum Gasteiger partial charge on any atom is -0.493 e. The van der Waals surface area contributed by atoms with Crippen LogP contribution in [-0.2, 0) is 14.3 Å². The van der Waals surface area contributed by atoms with Crippen molar-refractivity contribution in [2.75, 3.05) is 32.8 Å². The van der Waals surface area contributed by atoms with E-state index in [0.717, 1.165) is 11.4 Å². The normalized spacial score (nSPS) is 18.9. The van der Waals surface area contributed by atoms with Crippen molar-refractivity contribution in [3.8, 4) is 17.2 Å². The predicted molar refractivity (Wildman–Crippen MR) is 141 cm³/mol. The van der Waals surface area contributed by atoms with Crippen molar-refractivity contribution in [3.63, 3.8) is 0 Å². The number of carbonyl (C=O) groups excluding carboxylic acids is 2. The second-order valence-electron chi connectivity index (χ2n) is 9.88. The van der Waals surface area contributed by atoms with Crippen molar-refractivity contribution in [2.24, 2.45) is 11.1 Å². The number of para-hydroxylation sites is 1. The Kier molecular flexibility index (Phi) is 7.21. The summed E-state index contributed by atoms with van der Waals surface area (Å²) in [5.74, 6) is 0.0724.